The van der Waals surface area contributed by atoms with Crippen molar-refractivity contribution >= 4 is 15.9 Å². The van der Waals surface area contributed by atoms with Crippen molar-refractivity contribution < 1.29 is 18.3 Å². The van der Waals surface area contributed by atoms with Crippen LogP contribution < -0.4 is 10.0 Å². The van der Waals surface area contributed by atoms with Gasteiger partial charge in [-0.15, -0.1) is 0 Å². The van der Waals surface area contributed by atoms with E-state index < -0.39 is 10.0 Å². The Morgan fingerprint density at radius 3 is 2.04 bits per heavy atom. The topological polar surface area (TPSA) is 95.5 Å². The van der Waals surface area contributed by atoms with E-state index in [4.69, 9.17) is 0 Å². The molecule has 28 heavy (non-hydrogen) atoms. The number of carbonyl (C=O) groups excluding carboxylic acids is 1. The highest BCUT2D eigenvalue weighted by molar-refractivity contribution is 7.89. The first-order valence-corrected chi connectivity index (χ1v) is 10.6. The van der Waals surface area contributed by atoms with E-state index in [9.17, 15) is 18.3 Å². The van der Waals surface area contributed by atoms with Gasteiger partial charge in [-0.25, -0.2) is 13.1 Å². The maximum Gasteiger partial charge on any atom is 0.241 e. The van der Waals surface area contributed by atoms with Crippen LogP contribution in [0.25, 0.3) is 0 Å². The molecule has 0 bridgehead atoms. The number of sulfonamides is 1. The van der Waals surface area contributed by atoms with Crippen molar-refractivity contribution in [1.82, 2.24) is 10.0 Å². The molecule has 7 heteroatoms. The zero-order chi connectivity index (χ0) is 21.1. The first-order chi connectivity index (χ1) is 13.1. The van der Waals surface area contributed by atoms with Crippen LogP contribution in [0.5, 0.6) is 5.75 Å². The second-order valence-corrected chi connectivity index (χ2v) is 8.71. The second-order valence-electron chi connectivity index (χ2n) is 7.01. The number of aromatic hydroxyl groups is 1. The molecule has 0 aromatic heterocycles. The van der Waals surface area contributed by atoms with Crippen molar-refractivity contribution in [2.45, 2.75) is 52.5 Å². The quantitative estimate of drug-likeness (QED) is 0.661. The summed E-state index contributed by atoms with van der Waals surface area (Å²) in [7, 11) is -3.72. The highest BCUT2D eigenvalue weighted by atomic mass is 32.2. The predicted molar refractivity (Wildman–Crippen MR) is 110 cm³/mol. The summed E-state index contributed by atoms with van der Waals surface area (Å²) in [5.41, 5.74) is 5.09. The minimum absolute atomic E-state index is 0.000208. The molecule has 0 aliphatic carbocycles. The Morgan fingerprint density at radius 2 is 1.46 bits per heavy atom. The molecule has 0 heterocycles. The van der Waals surface area contributed by atoms with Gasteiger partial charge in [-0.3, -0.25) is 4.79 Å². The average Bonchev–Trinajstić information content (AvgIpc) is 2.64. The number of benzene rings is 2. The van der Waals surface area contributed by atoms with E-state index in [0.29, 0.717) is 10.5 Å². The second kappa shape index (κ2) is 8.75. The van der Waals surface area contributed by atoms with E-state index in [1.807, 2.05) is 34.6 Å². The first-order valence-electron chi connectivity index (χ1n) is 9.16. The van der Waals surface area contributed by atoms with Gasteiger partial charge >= 0.3 is 0 Å². The lowest BCUT2D eigenvalue weighted by Crippen LogP contribution is -2.31. The number of rotatable bonds is 7. The molecule has 0 aliphatic rings. The molecule has 2 aromatic carbocycles. The molecule has 0 aliphatic heterocycles. The average molecular weight is 405 g/mol. The minimum Gasteiger partial charge on any atom is -0.508 e. The van der Waals surface area contributed by atoms with Crippen LogP contribution in [0.3, 0.4) is 0 Å². The Labute approximate surface area is 167 Å². The molecule has 2 aromatic rings. The zero-order valence-corrected chi connectivity index (χ0v) is 17.8. The van der Waals surface area contributed by atoms with Crippen molar-refractivity contribution in [3.05, 3.63) is 57.6 Å². The Bertz CT molecular complexity index is 969. The molecule has 6 nitrogen and oxygen atoms in total. The number of phenols is 1. The van der Waals surface area contributed by atoms with Crippen molar-refractivity contribution in [2.24, 2.45) is 0 Å². The fourth-order valence-corrected chi connectivity index (χ4v) is 4.81. The molecule has 1 amide bonds. The Balaban J connectivity index is 2.01. The molecule has 2 rings (SSSR count). The van der Waals surface area contributed by atoms with Gasteiger partial charge in [0, 0.05) is 25.1 Å². The maximum atomic E-state index is 12.8. The summed E-state index contributed by atoms with van der Waals surface area (Å²) in [5.74, 6) is -0.185. The fraction of sp³-hybridized carbons (Fsp3) is 0.381. The van der Waals surface area contributed by atoms with Gasteiger partial charge in [-0.05, 0) is 68.5 Å². The van der Waals surface area contributed by atoms with Crippen LogP contribution in [0.4, 0.5) is 0 Å². The highest BCUT2D eigenvalue weighted by Gasteiger charge is 2.23. The summed E-state index contributed by atoms with van der Waals surface area (Å²) >= 11 is 0. The zero-order valence-electron chi connectivity index (χ0n) is 17.0. The molecule has 0 saturated carbocycles. The summed E-state index contributed by atoms with van der Waals surface area (Å²) < 4.78 is 28.2. The van der Waals surface area contributed by atoms with E-state index in [2.05, 4.69) is 10.0 Å². The van der Waals surface area contributed by atoms with Crippen LogP contribution in [0, 0.1) is 34.6 Å². The van der Waals surface area contributed by atoms with Gasteiger partial charge in [0.2, 0.25) is 15.9 Å². The largest absolute Gasteiger partial charge is 0.508 e. The first kappa shape index (κ1) is 21.9. The summed E-state index contributed by atoms with van der Waals surface area (Å²) in [6, 6.07) is 6.73. The minimum atomic E-state index is -3.72. The predicted octanol–water partition coefficient (Wildman–Crippen LogP) is 2.92. The number of hydrogen-bond donors (Lipinski definition) is 3. The van der Waals surface area contributed by atoms with Crippen LogP contribution in [0.15, 0.2) is 29.2 Å². The molecule has 0 saturated heterocycles. The van der Waals surface area contributed by atoms with E-state index >= 15 is 0 Å². The van der Waals surface area contributed by atoms with Gasteiger partial charge in [0.15, 0.2) is 0 Å². The van der Waals surface area contributed by atoms with Crippen molar-refractivity contribution in [3.8, 4) is 5.75 Å². The lowest BCUT2D eigenvalue weighted by atomic mass is 9.95. The SMILES string of the molecule is Cc1c(C)c(C)c(S(=O)(=O)NCCC(=O)NCc2ccccc2O)c(C)c1C. The summed E-state index contributed by atoms with van der Waals surface area (Å²) in [5, 5.41) is 12.4. The maximum absolute atomic E-state index is 12.8. The third-order valence-electron chi connectivity index (χ3n) is 5.31. The smallest absolute Gasteiger partial charge is 0.241 e. The summed E-state index contributed by atoms with van der Waals surface area (Å²) in [6.45, 7) is 9.63. The third-order valence-corrected chi connectivity index (χ3v) is 7.05. The Kier molecular flexibility index (Phi) is 6.85. The standard InChI is InChI=1S/C21H28N2O4S/c1-13-14(2)16(4)21(17(5)15(13)3)28(26,27)23-11-10-20(25)22-12-18-8-6-7-9-19(18)24/h6-9,23-24H,10-12H2,1-5H3,(H,22,25). The monoisotopic (exact) mass is 404 g/mol. The number of para-hydroxylation sites is 1. The number of hydrogen-bond acceptors (Lipinski definition) is 4. The number of nitrogens with one attached hydrogen (secondary N) is 2. The van der Waals surface area contributed by atoms with Crippen LogP contribution in [-0.4, -0.2) is 26.0 Å². The van der Waals surface area contributed by atoms with Crippen LogP contribution in [0.2, 0.25) is 0 Å². The molecule has 0 atom stereocenters. The molecule has 0 radical (unpaired) electrons. The fourth-order valence-electron chi connectivity index (χ4n) is 3.18. The highest BCUT2D eigenvalue weighted by Crippen LogP contribution is 2.29. The van der Waals surface area contributed by atoms with Gasteiger partial charge in [-0.2, -0.15) is 0 Å². The molecular formula is C21H28N2O4S. The van der Waals surface area contributed by atoms with Gasteiger partial charge in [0.05, 0.1) is 4.90 Å². The van der Waals surface area contributed by atoms with E-state index in [1.165, 1.54) is 0 Å². The molecular weight excluding hydrogens is 376 g/mol. The van der Waals surface area contributed by atoms with Crippen LogP contribution >= 0.6 is 0 Å². The van der Waals surface area contributed by atoms with Gasteiger partial charge < -0.3 is 10.4 Å². The molecule has 152 valence electrons. The number of phenolic OH excluding ortho intramolecular Hbond substituents is 1. The van der Waals surface area contributed by atoms with E-state index in [1.54, 1.807) is 24.3 Å². The van der Waals surface area contributed by atoms with Crippen molar-refractivity contribution in [2.75, 3.05) is 6.54 Å². The Morgan fingerprint density at radius 1 is 0.929 bits per heavy atom. The molecule has 0 spiro atoms. The van der Waals surface area contributed by atoms with Crippen molar-refractivity contribution in [1.29, 1.82) is 0 Å². The molecule has 0 unspecified atom stereocenters. The summed E-state index contributed by atoms with van der Waals surface area (Å²) in [4.78, 5) is 12.3. The van der Waals surface area contributed by atoms with Crippen LogP contribution in [-0.2, 0) is 21.4 Å². The van der Waals surface area contributed by atoms with Gasteiger partial charge in [-0.1, -0.05) is 18.2 Å². The van der Waals surface area contributed by atoms with Crippen LogP contribution in [0.1, 0.15) is 39.8 Å². The van der Waals surface area contributed by atoms with Gasteiger partial charge in [0.25, 0.3) is 0 Å². The number of amides is 1. The number of carbonyl (C=O) groups is 1. The van der Waals surface area contributed by atoms with E-state index in [-0.39, 0.29) is 31.2 Å². The van der Waals surface area contributed by atoms with Gasteiger partial charge in [0.1, 0.15) is 5.75 Å². The molecule has 3 N–H and O–H groups in total. The third kappa shape index (κ3) is 4.72. The molecule has 0 fully saturated rings. The van der Waals surface area contributed by atoms with E-state index in [0.717, 1.165) is 27.8 Å². The van der Waals surface area contributed by atoms with Crippen molar-refractivity contribution in [3.63, 3.8) is 0 Å². The summed E-state index contributed by atoms with van der Waals surface area (Å²) in [6.07, 6.45) is 0.00868. The normalized spacial score (nSPS) is 11.5. The lowest BCUT2D eigenvalue weighted by molar-refractivity contribution is -0.121. The Hall–Kier alpha value is -2.38. The lowest BCUT2D eigenvalue weighted by Gasteiger charge is -2.19.